The van der Waals surface area contributed by atoms with E-state index in [0.29, 0.717) is 17.3 Å². The van der Waals surface area contributed by atoms with Crippen molar-refractivity contribution in [1.29, 1.82) is 0 Å². The molecule has 1 aliphatic rings. The number of benzene rings is 1. The summed E-state index contributed by atoms with van der Waals surface area (Å²) in [5, 5.41) is 6.76. The highest BCUT2D eigenvalue weighted by Crippen LogP contribution is 2.38. The lowest BCUT2D eigenvalue weighted by molar-refractivity contribution is -0.116. The summed E-state index contributed by atoms with van der Waals surface area (Å²) in [4.78, 5) is 19.0. The number of hydrogen-bond acceptors (Lipinski definition) is 3. The molecule has 1 fully saturated rings. The summed E-state index contributed by atoms with van der Waals surface area (Å²) in [5.41, 5.74) is 2.56. The Morgan fingerprint density at radius 2 is 2.03 bits per heavy atom. The fourth-order valence-corrected chi connectivity index (χ4v) is 4.02. The molecule has 8 heteroatoms. The number of aryl methyl sites for hydroxylation is 1. The fraction of sp³-hybridized carbons (Fsp3) is 0.227. The summed E-state index contributed by atoms with van der Waals surface area (Å²) < 4.78 is 15.0. The Kier molecular flexibility index (Phi) is 5.76. The van der Waals surface area contributed by atoms with Gasteiger partial charge in [-0.1, -0.05) is 6.07 Å². The maximum absolute atomic E-state index is 13.1. The van der Waals surface area contributed by atoms with E-state index in [1.165, 1.54) is 12.1 Å². The second kappa shape index (κ2) is 8.62. The summed E-state index contributed by atoms with van der Waals surface area (Å²) in [6.45, 7) is 0.446. The molecule has 1 aliphatic heterocycles. The third-order valence-corrected chi connectivity index (χ3v) is 5.45. The number of anilines is 1. The van der Waals surface area contributed by atoms with Crippen molar-refractivity contribution < 1.29 is 9.18 Å². The molecule has 0 aliphatic carbocycles. The van der Waals surface area contributed by atoms with Crippen LogP contribution in [-0.4, -0.2) is 32.0 Å². The average Bonchev–Trinajstić information content (AvgIpc) is 3.31. The standard InChI is InChI=1S/C22H22FN5OS/c1-27-12-9-15(14-27)21-20(18-4-2-3-11-24-18)26-22(30)28(21)13-10-19(29)25-17-7-5-16(23)6-8-17/h2-9,11-12,14,20-21H,10,13H2,1H3,(H,25,29)(H,26,30)/t20-,21+/m1/s1. The maximum atomic E-state index is 13.1. The summed E-state index contributed by atoms with van der Waals surface area (Å²) >= 11 is 5.60. The van der Waals surface area contributed by atoms with E-state index in [4.69, 9.17) is 12.2 Å². The number of rotatable bonds is 6. The number of amides is 1. The molecule has 1 aromatic carbocycles. The lowest BCUT2D eigenvalue weighted by Crippen LogP contribution is -2.32. The van der Waals surface area contributed by atoms with E-state index < -0.39 is 0 Å². The van der Waals surface area contributed by atoms with Crippen LogP contribution in [0.4, 0.5) is 10.1 Å². The van der Waals surface area contributed by atoms with Crippen LogP contribution in [0, 0.1) is 5.82 Å². The quantitative estimate of drug-likeness (QED) is 0.594. The van der Waals surface area contributed by atoms with Gasteiger partial charge in [0.25, 0.3) is 0 Å². The van der Waals surface area contributed by atoms with E-state index in [9.17, 15) is 9.18 Å². The second-order valence-electron chi connectivity index (χ2n) is 7.24. The van der Waals surface area contributed by atoms with Gasteiger partial charge in [-0.25, -0.2) is 4.39 Å². The number of halogens is 1. The number of carbonyl (C=O) groups is 1. The molecule has 1 saturated heterocycles. The number of thiocarbonyl (C=S) groups is 1. The molecule has 2 N–H and O–H groups in total. The van der Waals surface area contributed by atoms with Crippen LogP contribution in [0.2, 0.25) is 0 Å². The smallest absolute Gasteiger partial charge is 0.226 e. The number of aromatic nitrogens is 2. The Morgan fingerprint density at radius 3 is 2.70 bits per heavy atom. The van der Waals surface area contributed by atoms with Gasteiger partial charge < -0.3 is 20.1 Å². The van der Waals surface area contributed by atoms with Gasteiger partial charge in [-0.15, -0.1) is 0 Å². The van der Waals surface area contributed by atoms with Crippen LogP contribution in [0.1, 0.15) is 29.8 Å². The Bertz CT molecular complexity index is 1040. The van der Waals surface area contributed by atoms with Gasteiger partial charge in [0.05, 0.1) is 17.8 Å². The van der Waals surface area contributed by atoms with Crippen molar-refractivity contribution in [3.05, 3.63) is 84.2 Å². The molecule has 2 atom stereocenters. The van der Waals surface area contributed by atoms with Gasteiger partial charge in [0, 0.05) is 44.3 Å². The van der Waals surface area contributed by atoms with Crippen LogP contribution in [-0.2, 0) is 11.8 Å². The first-order chi connectivity index (χ1) is 14.5. The molecule has 0 saturated carbocycles. The normalized spacial score (nSPS) is 18.3. The first-order valence-electron chi connectivity index (χ1n) is 9.66. The molecule has 0 unspecified atom stereocenters. The minimum atomic E-state index is -0.340. The first-order valence-corrected chi connectivity index (χ1v) is 10.1. The molecule has 4 rings (SSSR count). The minimum Gasteiger partial charge on any atom is -0.357 e. The minimum absolute atomic E-state index is 0.0766. The van der Waals surface area contributed by atoms with E-state index in [1.54, 1.807) is 18.3 Å². The highest BCUT2D eigenvalue weighted by Gasteiger charge is 2.40. The lowest BCUT2D eigenvalue weighted by Gasteiger charge is -2.27. The maximum Gasteiger partial charge on any atom is 0.226 e. The van der Waals surface area contributed by atoms with Gasteiger partial charge in [-0.3, -0.25) is 9.78 Å². The van der Waals surface area contributed by atoms with Crippen LogP contribution < -0.4 is 10.6 Å². The molecule has 0 spiro atoms. The molecular weight excluding hydrogens is 401 g/mol. The summed E-state index contributed by atoms with van der Waals surface area (Å²) in [6.07, 6.45) is 6.06. The molecule has 0 radical (unpaired) electrons. The average molecular weight is 424 g/mol. The van der Waals surface area contributed by atoms with Crippen LogP contribution >= 0.6 is 12.2 Å². The van der Waals surface area contributed by atoms with Crippen molar-refractivity contribution in [3.8, 4) is 0 Å². The molecule has 2 aromatic heterocycles. The van der Waals surface area contributed by atoms with Crippen molar-refractivity contribution in [1.82, 2.24) is 19.8 Å². The summed E-state index contributed by atoms with van der Waals surface area (Å²) in [5.74, 6) is -0.495. The molecule has 0 bridgehead atoms. The summed E-state index contributed by atoms with van der Waals surface area (Å²) in [6, 6.07) is 13.4. The van der Waals surface area contributed by atoms with Gasteiger partial charge >= 0.3 is 0 Å². The Hall–Kier alpha value is -3.26. The SMILES string of the molecule is Cn1ccc([C@H]2[C@@H](c3ccccn3)NC(=S)N2CCC(=O)Nc2ccc(F)cc2)c1. The second-order valence-corrected chi connectivity index (χ2v) is 7.62. The molecule has 1 amide bonds. The topological polar surface area (TPSA) is 62.2 Å². The first kappa shape index (κ1) is 20.0. The molecule has 154 valence electrons. The van der Waals surface area contributed by atoms with Gasteiger partial charge in [0.15, 0.2) is 5.11 Å². The van der Waals surface area contributed by atoms with Crippen molar-refractivity contribution >= 4 is 28.9 Å². The fourth-order valence-electron chi connectivity index (χ4n) is 3.69. The van der Waals surface area contributed by atoms with Gasteiger partial charge in [0.1, 0.15) is 5.82 Å². The lowest BCUT2D eigenvalue weighted by atomic mass is 9.99. The van der Waals surface area contributed by atoms with Crippen LogP contribution in [0.15, 0.2) is 67.1 Å². The zero-order valence-corrected chi connectivity index (χ0v) is 17.3. The van der Waals surface area contributed by atoms with E-state index >= 15 is 0 Å². The number of nitrogens with zero attached hydrogens (tertiary/aromatic N) is 3. The van der Waals surface area contributed by atoms with E-state index in [-0.39, 0.29) is 30.2 Å². The number of pyridine rings is 1. The predicted octanol–water partition coefficient (Wildman–Crippen LogP) is 3.56. The molecular formula is C22H22FN5OS. The third-order valence-electron chi connectivity index (χ3n) is 5.10. The van der Waals surface area contributed by atoms with Gasteiger partial charge in [-0.05, 0) is 60.2 Å². The monoisotopic (exact) mass is 423 g/mol. The molecule has 6 nitrogen and oxygen atoms in total. The van der Waals surface area contributed by atoms with Crippen molar-refractivity contribution in [2.24, 2.45) is 7.05 Å². The predicted molar refractivity (Wildman–Crippen MR) is 117 cm³/mol. The highest BCUT2D eigenvalue weighted by molar-refractivity contribution is 7.80. The van der Waals surface area contributed by atoms with Crippen LogP contribution in [0.5, 0.6) is 0 Å². The zero-order valence-electron chi connectivity index (χ0n) is 16.5. The molecule has 3 aromatic rings. The Balaban J connectivity index is 1.51. The van der Waals surface area contributed by atoms with Gasteiger partial charge in [0.2, 0.25) is 5.91 Å². The van der Waals surface area contributed by atoms with Gasteiger partial charge in [-0.2, -0.15) is 0 Å². The Labute approximate surface area is 179 Å². The molecule has 3 heterocycles. The number of carbonyl (C=O) groups excluding carboxylic acids is 1. The zero-order chi connectivity index (χ0) is 21.1. The molecule has 30 heavy (non-hydrogen) atoms. The van der Waals surface area contributed by atoms with E-state index in [1.807, 2.05) is 40.9 Å². The number of nitrogens with one attached hydrogen (secondary N) is 2. The van der Waals surface area contributed by atoms with Crippen molar-refractivity contribution in [2.75, 3.05) is 11.9 Å². The number of hydrogen-bond donors (Lipinski definition) is 2. The third kappa shape index (κ3) is 4.33. The van der Waals surface area contributed by atoms with Crippen LogP contribution in [0.25, 0.3) is 0 Å². The summed E-state index contributed by atoms with van der Waals surface area (Å²) in [7, 11) is 1.97. The van der Waals surface area contributed by atoms with Crippen LogP contribution in [0.3, 0.4) is 0 Å². The van der Waals surface area contributed by atoms with E-state index in [0.717, 1.165) is 11.3 Å². The largest absolute Gasteiger partial charge is 0.357 e. The highest BCUT2D eigenvalue weighted by atomic mass is 32.1. The Morgan fingerprint density at radius 1 is 1.23 bits per heavy atom. The van der Waals surface area contributed by atoms with Crippen molar-refractivity contribution in [2.45, 2.75) is 18.5 Å². The van der Waals surface area contributed by atoms with E-state index in [2.05, 4.69) is 27.9 Å². The van der Waals surface area contributed by atoms with Crippen molar-refractivity contribution in [3.63, 3.8) is 0 Å².